The summed E-state index contributed by atoms with van der Waals surface area (Å²) in [4.78, 5) is 11.8. The number of halogens is 3. The van der Waals surface area contributed by atoms with Crippen LogP contribution in [0.2, 0.25) is 0 Å². The lowest BCUT2D eigenvalue weighted by atomic mass is 10.2. The highest BCUT2D eigenvalue weighted by atomic mass is 32.2. The van der Waals surface area contributed by atoms with E-state index < -0.39 is 34.2 Å². The smallest absolute Gasteiger partial charge is 0.325 e. The van der Waals surface area contributed by atoms with Crippen LogP contribution in [0.5, 0.6) is 0 Å². The van der Waals surface area contributed by atoms with E-state index in [1.807, 2.05) is 6.92 Å². The molecule has 2 aromatic rings. The molecule has 0 saturated carbocycles. The Hall–Kier alpha value is -2.39. The maximum absolute atomic E-state index is 12.5. The van der Waals surface area contributed by atoms with Crippen molar-refractivity contribution in [1.82, 2.24) is 4.72 Å². The standard InChI is InChI=1S/C17H17F3N2O3S/c1-2-12-3-9-15(10-4-12)26(24,25)21-11-16(23)22-14-7-5-13(6-8-14)17(18,19)20/h3-10,21H,2,11H2,1H3,(H,22,23). The first-order valence-electron chi connectivity index (χ1n) is 7.67. The maximum atomic E-state index is 12.5. The Bertz CT molecular complexity index is 862. The van der Waals surface area contributed by atoms with Crippen molar-refractivity contribution in [3.63, 3.8) is 0 Å². The minimum Gasteiger partial charge on any atom is -0.325 e. The van der Waals surface area contributed by atoms with Crippen LogP contribution in [0.4, 0.5) is 18.9 Å². The molecule has 0 spiro atoms. The van der Waals surface area contributed by atoms with Gasteiger partial charge in [0.1, 0.15) is 0 Å². The Labute approximate surface area is 149 Å². The summed E-state index contributed by atoms with van der Waals surface area (Å²) in [6.07, 6.45) is -3.70. The zero-order valence-electron chi connectivity index (χ0n) is 13.8. The predicted octanol–water partition coefficient (Wildman–Crippen LogP) is 3.18. The molecular formula is C17H17F3N2O3S. The van der Waals surface area contributed by atoms with Crippen molar-refractivity contribution in [1.29, 1.82) is 0 Å². The fourth-order valence-corrected chi connectivity index (χ4v) is 3.08. The van der Waals surface area contributed by atoms with Crippen LogP contribution in [0.1, 0.15) is 18.1 Å². The van der Waals surface area contributed by atoms with E-state index in [1.165, 1.54) is 12.1 Å². The molecular weight excluding hydrogens is 369 g/mol. The van der Waals surface area contributed by atoms with Gasteiger partial charge in [0.05, 0.1) is 17.0 Å². The lowest BCUT2D eigenvalue weighted by Crippen LogP contribution is -2.32. The van der Waals surface area contributed by atoms with E-state index in [1.54, 1.807) is 12.1 Å². The Kier molecular flexibility index (Phi) is 6.04. The molecule has 0 heterocycles. The van der Waals surface area contributed by atoms with Crippen molar-refractivity contribution in [2.75, 3.05) is 11.9 Å². The van der Waals surface area contributed by atoms with E-state index in [4.69, 9.17) is 0 Å². The van der Waals surface area contributed by atoms with Crippen LogP contribution in [-0.4, -0.2) is 20.9 Å². The highest BCUT2D eigenvalue weighted by Gasteiger charge is 2.30. The fraction of sp³-hybridized carbons (Fsp3) is 0.235. The molecule has 0 unspecified atom stereocenters. The van der Waals surface area contributed by atoms with E-state index in [-0.39, 0.29) is 10.6 Å². The number of hydrogen-bond donors (Lipinski definition) is 2. The van der Waals surface area contributed by atoms with E-state index in [0.29, 0.717) is 0 Å². The normalized spacial score (nSPS) is 12.0. The van der Waals surface area contributed by atoms with Gasteiger partial charge < -0.3 is 5.32 Å². The van der Waals surface area contributed by atoms with Gasteiger partial charge in [0, 0.05) is 5.69 Å². The molecule has 0 fully saturated rings. The summed E-state index contributed by atoms with van der Waals surface area (Å²) in [6.45, 7) is 1.40. The van der Waals surface area contributed by atoms with Gasteiger partial charge in [0.25, 0.3) is 0 Å². The van der Waals surface area contributed by atoms with Crippen molar-refractivity contribution < 1.29 is 26.4 Å². The summed E-state index contributed by atoms with van der Waals surface area (Å²) >= 11 is 0. The minimum atomic E-state index is -4.47. The average Bonchev–Trinajstić information content (AvgIpc) is 2.60. The third kappa shape index (κ3) is 5.30. The second kappa shape index (κ2) is 7.88. The van der Waals surface area contributed by atoms with Crippen molar-refractivity contribution in [2.45, 2.75) is 24.4 Å². The summed E-state index contributed by atoms with van der Waals surface area (Å²) in [7, 11) is -3.86. The van der Waals surface area contributed by atoms with Crippen LogP contribution in [0, 0.1) is 0 Å². The summed E-state index contributed by atoms with van der Waals surface area (Å²) in [5.74, 6) is -0.696. The summed E-state index contributed by atoms with van der Waals surface area (Å²) in [5, 5.41) is 2.33. The number of rotatable bonds is 6. The number of carbonyl (C=O) groups excluding carboxylic acids is 1. The molecule has 0 bridgehead atoms. The molecule has 9 heteroatoms. The molecule has 0 radical (unpaired) electrons. The molecule has 0 atom stereocenters. The van der Waals surface area contributed by atoms with E-state index in [0.717, 1.165) is 36.2 Å². The zero-order chi connectivity index (χ0) is 19.4. The largest absolute Gasteiger partial charge is 0.416 e. The van der Waals surface area contributed by atoms with E-state index in [9.17, 15) is 26.4 Å². The summed E-state index contributed by atoms with van der Waals surface area (Å²) < 4.78 is 63.8. The number of benzene rings is 2. The van der Waals surface area contributed by atoms with Crippen LogP contribution in [0.3, 0.4) is 0 Å². The SMILES string of the molecule is CCc1ccc(S(=O)(=O)NCC(=O)Nc2ccc(C(F)(F)F)cc2)cc1. The van der Waals surface area contributed by atoms with Gasteiger partial charge in [-0.2, -0.15) is 13.2 Å². The minimum absolute atomic E-state index is 0.0250. The molecule has 140 valence electrons. The summed E-state index contributed by atoms with van der Waals surface area (Å²) in [6, 6.07) is 10.1. The predicted molar refractivity (Wildman–Crippen MR) is 91.1 cm³/mol. The summed E-state index contributed by atoms with van der Waals surface area (Å²) in [5.41, 5.74) is 0.269. The van der Waals surface area contributed by atoms with Gasteiger partial charge in [-0.1, -0.05) is 19.1 Å². The lowest BCUT2D eigenvalue weighted by Gasteiger charge is -2.10. The Morgan fingerprint density at radius 2 is 1.58 bits per heavy atom. The number of sulfonamides is 1. The molecule has 1 amide bonds. The molecule has 0 aromatic heterocycles. The first-order chi connectivity index (χ1) is 12.1. The van der Waals surface area contributed by atoms with Crippen LogP contribution in [0.25, 0.3) is 0 Å². The van der Waals surface area contributed by atoms with Gasteiger partial charge in [-0.15, -0.1) is 0 Å². The second-order valence-corrected chi connectivity index (χ2v) is 7.21. The molecule has 2 rings (SSSR count). The quantitative estimate of drug-likeness (QED) is 0.801. The third-order valence-electron chi connectivity index (χ3n) is 3.56. The fourth-order valence-electron chi connectivity index (χ4n) is 2.10. The molecule has 0 aliphatic carbocycles. The van der Waals surface area contributed by atoms with Gasteiger partial charge in [0.2, 0.25) is 15.9 Å². The number of amides is 1. The number of hydrogen-bond acceptors (Lipinski definition) is 3. The van der Waals surface area contributed by atoms with Crippen molar-refractivity contribution >= 4 is 21.6 Å². The molecule has 0 aliphatic rings. The van der Waals surface area contributed by atoms with Gasteiger partial charge in [-0.05, 0) is 48.4 Å². The number of aryl methyl sites for hydroxylation is 1. The van der Waals surface area contributed by atoms with Gasteiger partial charge >= 0.3 is 6.18 Å². The van der Waals surface area contributed by atoms with Gasteiger partial charge in [0.15, 0.2) is 0 Å². The van der Waals surface area contributed by atoms with Crippen LogP contribution in [-0.2, 0) is 27.4 Å². The molecule has 26 heavy (non-hydrogen) atoms. The van der Waals surface area contributed by atoms with Crippen molar-refractivity contribution in [3.8, 4) is 0 Å². The van der Waals surface area contributed by atoms with Gasteiger partial charge in [-0.25, -0.2) is 13.1 Å². The Morgan fingerprint density at radius 3 is 2.08 bits per heavy atom. The lowest BCUT2D eigenvalue weighted by molar-refractivity contribution is -0.137. The molecule has 5 nitrogen and oxygen atoms in total. The first-order valence-corrected chi connectivity index (χ1v) is 9.16. The van der Waals surface area contributed by atoms with E-state index in [2.05, 4.69) is 10.0 Å². The topological polar surface area (TPSA) is 75.3 Å². The number of carbonyl (C=O) groups is 1. The highest BCUT2D eigenvalue weighted by molar-refractivity contribution is 7.89. The first kappa shape index (κ1) is 19.9. The van der Waals surface area contributed by atoms with Crippen LogP contribution in [0.15, 0.2) is 53.4 Å². The average molecular weight is 386 g/mol. The number of anilines is 1. The molecule has 0 saturated heterocycles. The van der Waals surface area contributed by atoms with Crippen LogP contribution < -0.4 is 10.0 Å². The zero-order valence-corrected chi connectivity index (χ0v) is 14.6. The third-order valence-corrected chi connectivity index (χ3v) is 4.98. The molecule has 2 N–H and O–H groups in total. The van der Waals surface area contributed by atoms with Crippen molar-refractivity contribution in [3.05, 3.63) is 59.7 Å². The highest BCUT2D eigenvalue weighted by Crippen LogP contribution is 2.29. The van der Waals surface area contributed by atoms with Gasteiger partial charge in [-0.3, -0.25) is 4.79 Å². The van der Waals surface area contributed by atoms with E-state index >= 15 is 0 Å². The number of alkyl halides is 3. The Morgan fingerprint density at radius 1 is 1.00 bits per heavy atom. The monoisotopic (exact) mass is 386 g/mol. The maximum Gasteiger partial charge on any atom is 0.416 e. The van der Waals surface area contributed by atoms with Crippen molar-refractivity contribution in [2.24, 2.45) is 0 Å². The molecule has 0 aliphatic heterocycles. The second-order valence-electron chi connectivity index (χ2n) is 5.45. The Balaban J connectivity index is 1.95. The number of nitrogens with one attached hydrogen (secondary N) is 2. The van der Waals surface area contributed by atoms with Crippen LogP contribution >= 0.6 is 0 Å². The molecule has 2 aromatic carbocycles.